The average Bonchev–Trinajstić information content (AvgIpc) is 3.25. The van der Waals surface area contributed by atoms with Crippen molar-refractivity contribution in [1.82, 2.24) is 30.6 Å². The molecule has 0 spiro atoms. The Kier molecular flexibility index (Phi) is 3.61. The third kappa shape index (κ3) is 2.74. The Morgan fingerprint density at radius 2 is 2.00 bits per heavy atom. The third-order valence-corrected chi connectivity index (χ3v) is 3.98. The molecule has 1 unspecified atom stereocenters. The predicted octanol–water partition coefficient (Wildman–Crippen LogP) is 2.18. The zero-order valence-electron chi connectivity index (χ0n) is 12.9. The third-order valence-electron chi connectivity index (χ3n) is 3.98. The number of pyridine rings is 1. The summed E-state index contributed by atoms with van der Waals surface area (Å²) in [7, 11) is 0. The molecule has 116 valence electrons. The van der Waals surface area contributed by atoms with Gasteiger partial charge in [0.2, 0.25) is 0 Å². The lowest BCUT2D eigenvalue weighted by Crippen LogP contribution is -2.24. The molecule has 1 aliphatic rings. The summed E-state index contributed by atoms with van der Waals surface area (Å²) in [6, 6.07) is 14.6. The fourth-order valence-electron chi connectivity index (χ4n) is 2.84. The van der Waals surface area contributed by atoms with Crippen LogP contribution in [0.3, 0.4) is 0 Å². The van der Waals surface area contributed by atoms with E-state index in [1.54, 1.807) is 10.9 Å². The van der Waals surface area contributed by atoms with E-state index >= 15 is 0 Å². The van der Waals surface area contributed by atoms with E-state index in [0.717, 1.165) is 36.0 Å². The molecule has 2 N–H and O–H groups in total. The van der Waals surface area contributed by atoms with Gasteiger partial charge in [-0.15, -0.1) is 5.10 Å². The van der Waals surface area contributed by atoms with E-state index in [1.807, 2.05) is 25.1 Å². The summed E-state index contributed by atoms with van der Waals surface area (Å²) in [6.07, 6.45) is 2.86. The van der Waals surface area contributed by atoms with Crippen molar-refractivity contribution in [3.8, 4) is 17.2 Å². The molecule has 6 nitrogen and oxygen atoms in total. The van der Waals surface area contributed by atoms with Gasteiger partial charge in [0.1, 0.15) is 5.82 Å². The van der Waals surface area contributed by atoms with Crippen molar-refractivity contribution in [2.45, 2.75) is 19.4 Å². The van der Waals surface area contributed by atoms with Gasteiger partial charge >= 0.3 is 0 Å². The number of nitrogens with one attached hydrogen (secondary N) is 2. The van der Waals surface area contributed by atoms with Gasteiger partial charge in [0.05, 0.1) is 0 Å². The molecule has 3 aromatic rings. The second-order valence-electron chi connectivity index (χ2n) is 5.62. The van der Waals surface area contributed by atoms with Crippen molar-refractivity contribution in [3.63, 3.8) is 0 Å². The fraction of sp³-hybridized carbons (Fsp3) is 0.235. The van der Waals surface area contributed by atoms with Crippen LogP contribution in [0.5, 0.6) is 0 Å². The Hall–Kier alpha value is -2.57. The molecular formula is C17H18N6. The van der Waals surface area contributed by atoms with Crippen LogP contribution in [0.15, 0.2) is 48.7 Å². The maximum atomic E-state index is 4.57. The zero-order chi connectivity index (χ0) is 15.6. The van der Waals surface area contributed by atoms with Crippen LogP contribution < -0.4 is 10.9 Å². The Bertz CT molecular complexity index is 788. The lowest BCUT2D eigenvalue weighted by atomic mass is 10.0. The molecule has 6 heteroatoms. The normalized spacial score (nSPS) is 17.5. The number of hydrogen-bond donors (Lipinski definition) is 2. The van der Waals surface area contributed by atoms with Gasteiger partial charge in [-0.3, -0.25) is 10.9 Å². The number of hydrogen-bond acceptors (Lipinski definition) is 5. The van der Waals surface area contributed by atoms with E-state index < -0.39 is 0 Å². The molecule has 1 atom stereocenters. The van der Waals surface area contributed by atoms with Crippen molar-refractivity contribution >= 4 is 0 Å². The van der Waals surface area contributed by atoms with E-state index in [4.69, 9.17) is 0 Å². The first-order valence-electron chi connectivity index (χ1n) is 7.75. The van der Waals surface area contributed by atoms with Crippen LogP contribution in [0, 0.1) is 6.92 Å². The minimum Gasteiger partial charge on any atom is -0.257 e. The summed E-state index contributed by atoms with van der Waals surface area (Å²) < 4.78 is 1.79. The van der Waals surface area contributed by atoms with E-state index in [-0.39, 0.29) is 0 Å². The first kappa shape index (κ1) is 14.0. The molecule has 1 saturated heterocycles. The molecule has 1 aliphatic heterocycles. The first-order chi connectivity index (χ1) is 11.3. The van der Waals surface area contributed by atoms with Crippen molar-refractivity contribution < 1.29 is 0 Å². The summed E-state index contributed by atoms with van der Waals surface area (Å²) >= 11 is 0. The second kappa shape index (κ2) is 5.91. The quantitative estimate of drug-likeness (QED) is 0.776. The standard InChI is InChI=1S/C17H18N6/c1-12-20-17(23(22-12)16-4-2-3-10-18-16)14-7-5-13(6-8-14)15-9-11-19-21-15/h2-8,10,15,19,21H,9,11H2,1H3. The van der Waals surface area contributed by atoms with E-state index in [0.29, 0.717) is 6.04 Å². The monoisotopic (exact) mass is 306 g/mol. The van der Waals surface area contributed by atoms with Gasteiger partial charge in [-0.2, -0.15) is 4.68 Å². The van der Waals surface area contributed by atoms with Crippen molar-refractivity contribution in [2.75, 3.05) is 6.54 Å². The largest absolute Gasteiger partial charge is 0.257 e. The highest BCUT2D eigenvalue weighted by molar-refractivity contribution is 5.58. The highest BCUT2D eigenvalue weighted by Gasteiger charge is 2.17. The van der Waals surface area contributed by atoms with E-state index in [9.17, 15) is 0 Å². The second-order valence-corrected chi connectivity index (χ2v) is 5.62. The molecule has 0 aliphatic carbocycles. The topological polar surface area (TPSA) is 67.7 Å². The minimum atomic E-state index is 0.374. The van der Waals surface area contributed by atoms with Gasteiger partial charge in [0.15, 0.2) is 11.6 Å². The van der Waals surface area contributed by atoms with Gasteiger partial charge in [-0.1, -0.05) is 30.3 Å². The predicted molar refractivity (Wildman–Crippen MR) is 87.8 cm³/mol. The number of benzene rings is 1. The molecule has 23 heavy (non-hydrogen) atoms. The van der Waals surface area contributed by atoms with Gasteiger partial charge in [0.25, 0.3) is 0 Å². The van der Waals surface area contributed by atoms with Gasteiger partial charge in [-0.25, -0.2) is 9.97 Å². The molecule has 4 rings (SSSR count). The molecule has 3 heterocycles. The van der Waals surface area contributed by atoms with Gasteiger partial charge < -0.3 is 0 Å². The summed E-state index contributed by atoms with van der Waals surface area (Å²) in [4.78, 5) is 8.94. The molecule has 1 aromatic carbocycles. The lowest BCUT2D eigenvalue weighted by molar-refractivity contribution is 0.581. The first-order valence-corrected chi connectivity index (χ1v) is 7.75. The van der Waals surface area contributed by atoms with Crippen LogP contribution in [0.2, 0.25) is 0 Å². The van der Waals surface area contributed by atoms with Gasteiger partial charge in [-0.05, 0) is 31.0 Å². The minimum absolute atomic E-state index is 0.374. The maximum Gasteiger partial charge on any atom is 0.165 e. The molecule has 0 saturated carbocycles. The molecular weight excluding hydrogens is 288 g/mol. The van der Waals surface area contributed by atoms with Crippen molar-refractivity contribution in [1.29, 1.82) is 0 Å². The Labute approximate surface area is 134 Å². The van der Waals surface area contributed by atoms with Crippen LogP contribution in [0.25, 0.3) is 17.2 Å². The number of hydrazine groups is 1. The summed E-state index contributed by atoms with van der Waals surface area (Å²) in [6.45, 7) is 2.89. The molecule has 1 fully saturated rings. The highest BCUT2D eigenvalue weighted by Crippen LogP contribution is 2.24. The summed E-state index contributed by atoms with van der Waals surface area (Å²) in [5.74, 6) is 2.32. The van der Waals surface area contributed by atoms with E-state index in [2.05, 4.69) is 50.2 Å². The lowest BCUT2D eigenvalue weighted by Gasteiger charge is -2.10. The van der Waals surface area contributed by atoms with Crippen LogP contribution in [-0.4, -0.2) is 26.3 Å². The average molecular weight is 306 g/mol. The van der Waals surface area contributed by atoms with Crippen LogP contribution in [0.1, 0.15) is 23.9 Å². The summed E-state index contributed by atoms with van der Waals surface area (Å²) in [5.41, 5.74) is 8.76. The van der Waals surface area contributed by atoms with Crippen LogP contribution in [-0.2, 0) is 0 Å². The molecule has 0 bridgehead atoms. The Morgan fingerprint density at radius 3 is 2.70 bits per heavy atom. The smallest absolute Gasteiger partial charge is 0.165 e. The van der Waals surface area contributed by atoms with E-state index in [1.165, 1.54) is 5.56 Å². The van der Waals surface area contributed by atoms with Crippen LogP contribution >= 0.6 is 0 Å². The summed E-state index contributed by atoms with van der Waals surface area (Å²) in [5, 5.41) is 4.48. The number of aryl methyl sites for hydroxylation is 1. The number of rotatable bonds is 3. The van der Waals surface area contributed by atoms with Crippen molar-refractivity contribution in [3.05, 3.63) is 60.0 Å². The zero-order valence-corrected chi connectivity index (χ0v) is 12.9. The Balaban J connectivity index is 1.70. The molecule has 0 radical (unpaired) electrons. The molecule has 0 amide bonds. The number of aromatic nitrogens is 4. The molecule has 2 aromatic heterocycles. The number of nitrogens with zero attached hydrogens (tertiary/aromatic N) is 4. The SMILES string of the molecule is Cc1nc(-c2ccc(C3CCNN3)cc2)n(-c2ccccn2)n1. The highest BCUT2D eigenvalue weighted by atomic mass is 15.4. The fourth-order valence-corrected chi connectivity index (χ4v) is 2.84. The van der Waals surface area contributed by atoms with Crippen LogP contribution in [0.4, 0.5) is 0 Å². The maximum absolute atomic E-state index is 4.57. The van der Waals surface area contributed by atoms with Gasteiger partial charge in [0, 0.05) is 24.3 Å². The Morgan fingerprint density at radius 1 is 1.13 bits per heavy atom. The van der Waals surface area contributed by atoms with Crippen molar-refractivity contribution in [2.24, 2.45) is 0 Å².